The molecule has 0 amide bonds. The van der Waals surface area contributed by atoms with Crippen LogP contribution in [0.25, 0.3) is 10.9 Å². The zero-order valence-corrected chi connectivity index (χ0v) is 18.8. The van der Waals surface area contributed by atoms with Gasteiger partial charge >= 0.3 is 0 Å². The lowest BCUT2D eigenvalue weighted by atomic mass is 10.1. The number of nitrogens with one attached hydrogen (secondary N) is 2. The molecule has 0 aliphatic heterocycles. The minimum absolute atomic E-state index is 0.0992. The Morgan fingerprint density at radius 2 is 1.78 bits per heavy atom. The van der Waals surface area contributed by atoms with Gasteiger partial charge in [0.2, 0.25) is 0 Å². The molecule has 0 radical (unpaired) electrons. The van der Waals surface area contributed by atoms with Crippen LogP contribution in [0.1, 0.15) is 47.3 Å². The highest BCUT2D eigenvalue weighted by Crippen LogP contribution is 2.34. The summed E-state index contributed by atoms with van der Waals surface area (Å²) >= 11 is 0. The van der Waals surface area contributed by atoms with E-state index in [-0.39, 0.29) is 18.1 Å². The molecule has 0 spiro atoms. The molecule has 2 aromatic carbocycles. The molecule has 0 aliphatic rings. The summed E-state index contributed by atoms with van der Waals surface area (Å²) in [4.78, 5) is 15.2. The second kappa shape index (κ2) is 9.02. The molecule has 0 saturated carbocycles. The van der Waals surface area contributed by atoms with Gasteiger partial charge in [0, 0.05) is 34.4 Å². The zero-order chi connectivity index (χ0) is 22.8. The van der Waals surface area contributed by atoms with Crippen molar-refractivity contribution >= 4 is 10.9 Å². The summed E-state index contributed by atoms with van der Waals surface area (Å²) in [6, 6.07) is 20.3. The molecular weight excluding hydrogens is 402 g/mol. The predicted molar refractivity (Wildman–Crippen MR) is 127 cm³/mol. The lowest BCUT2D eigenvalue weighted by Gasteiger charge is -2.19. The summed E-state index contributed by atoms with van der Waals surface area (Å²) in [7, 11) is 1.54. The SMILES string of the molecule is COc1cc(C)[nH]c(=O)c1CNC(O)c1c(C)n(C(C)c2ccccc2)c2ccccc12. The van der Waals surface area contributed by atoms with E-state index >= 15 is 0 Å². The Labute approximate surface area is 187 Å². The number of para-hydroxylation sites is 1. The fourth-order valence-electron chi connectivity index (χ4n) is 4.48. The third-order valence-corrected chi connectivity index (χ3v) is 6.07. The average Bonchev–Trinajstić information content (AvgIpc) is 3.09. The topological polar surface area (TPSA) is 79.3 Å². The fraction of sp³-hybridized carbons (Fsp3) is 0.269. The minimum atomic E-state index is -0.950. The first-order chi connectivity index (χ1) is 15.4. The zero-order valence-electron chi connectivity index (χ0n) is 18.8. The van der Waals surface area contributed by atoms with Crippen LogP contribution in [0.2, 0.25) is 0 Å². The third-order valence-electron chi connectivity index (χ3n) is 6.07. The van der Waals surface area contributed by atoms with Crippen molar-refractivity contribution in [2.24, 2.45) is 0 Å². The van der Waals surface area contributed by atoms with Crippen molar-refractivity contribution in [2.45, 2.75) is 39.6 Å². The van der Waals surface area contributed by atoms with Crippen LogP contribution < -0.4 is 15.6 Å². The number of rotatable bonds is 7. The number of aromatic nitrogens is 2. The lowest BCUT2D eigenvalue weighted by Crippen LogP contribution is -2.26. The number of H-pyrrole nitrogens is 1. The first kappa shape index (κ1) is 21.9. The van der Waals surface area contributed by atoms with E-state index < -0.39 is 6.23 Å². The Morgan fingerprint density at radius 1 is 1.09 bits per heavy atom. The number of methoxy groups -OCH3 is 1. The van der Waals surface area contributed by atoms with E-state index in [1.807, 2.05) is 50.2 Å². The first-order valence-electron chi connectivity index (χ1n) is 10.7. The van der Waals surface area contributed by atoms with Gasteiger partial charge in [-0.3, -0.25) is 10.1 Å². The smallest absolute Gasteiger partial charge is 0.256 e. The molecule has 32 heavy (non-hydrogen) atoms. The van der Waals surface area contributed by atoms with Crippen molar-refractivity contribution in [3.8, 4) is 5.75 Å². The summed E-state index contributed by atoms with van der Waals surface area (Å²) in [6.07, 6.45) is -0.950. The van der Waals surface area contributed by atoms with Gasteiger partial charge in [0.15, 0.2) is 0 Å². The first-order valence-corrected chi connectivity index (χ1v) is 10.7. The van der Waals surface area contributed by atoms with Gasteiger partial charge in [-0.1, -0.05) is 48.5 Å². The molecule has 0 bridgehead atoms. The molecule has 0 fully saturated rings. The van der Waals surface area contributed by atoms with E-state index in [2.05, 4.69) is 40.0 Å². The highest BCUT2D eigenvalue weighted by Gasteiger charge is 2.23. The molecule has 3 N–H and O–H groups in total. The van der Waals surface area contributed by atoms with Gasteiger partial charge < -0.3 is 19.4 Å². The maximum atomic E-state index is 12.4. The van der Waals surface area contributed by atoms with E-state index in [1.54, 1.807) is 6.07 Å². The molecule has 6 nitrogen and oxygen atoms in total. The molecule has 2 atom stereocenters. The van der Waals surface area contributed by atoms with Gasteiger partial charge in [0.05, 0.1) is 18.7 Å². The van der Waals surface area contributed by atoms with Crippen molar-refractivity contribution in [1.29, 1.82) is 0 Å². The molecule has 2 unspecified atom stereocenters. The Morgan fingerprint density at radius 3 is 2.50 bits per heavy atom. The normalized spacial score (nSPS) is 13.3. The molecule has 2 aromatic heterocycles. The number of pyridine rings is 1. The number of aromatic amines is 1. The number of hydrogen-bond donors (Lipinski definition) is 3. The average molecular weight is 432 g/mol. The molecule has 0 aliphatic carbocycles. The number of benzene rings is 2. The van der Waals surface area contributed by atoms with Crippen molar-refractivity contribution < 1.29 is 9.84 Å². The van der Waals surface area contributed by atoms with Crippen molar-refractivity contribution in [3.63, 3.8) is 0 Å². The van der Waals surface area contributed by atoms with Crippen molar-refractivity contribution in [2.75, 3.05) is 7.11 Å². The van der Waals surface area contributed by atoms with Crippen LogP contribution in [0, 0.1) is 13.8 Å². The summed E-state index contributed by atoms with van der Waals surface area (Å²) in [5, 5.41) is 15.3. The van der Waals surface area contributed by atoms with Crippen LogP contribution in [0.3, 0.4) is 0 Å². The van der Waals surface area contributed by atoms with Crippen LogP contribution in [-0.2, 0) is 6.54 Å². The fourth-order valence-corrected chi connectivity index (χ4v) is 4.48. The third kappa shape index (κ3) is 3.95. The number of fused-ring (bicyclic) bond motifs is 1. The second-order valence-corrected chi connectivity index (χ2v) is 8.08. The van der Waals surface area contributed by atoms with Crippen LogP contribution in [-0.4, -0.2) is 21.8 Å². The Balaban J connectivity index is 1.71. The standard InChI is InChI=1S/C26H29N3O3/c1-16-14-23(32-4)21(25(30)28-16)15-27-26(31)24-18(3)29(22-13-9-8-12-20(22)24)17(2)19-10-6-5-7-11-19/h5-14,17,26-27,31H,15H2,1-4H3,(H,28,30). The van der Waals surface area contributed by atoms with Gasteiger partial charge in [-0.2, -0.15) is 0 Å². The van der Waals surface area contributed by atoms with E-state index in [4.69, 9.17) is 4.74 Å². The Bertz CT molecular complexity index is 1290. The Hall–Kier alpha value is -3.35. The summed E-state index contributed by atoms with van der Waals surface area (Å²) in [5.74, 6) is 0.503. The van der Waals surface area contributed by atoms with Crippen LogP contribution in [0.5, 0.6) is 5.75 Å². The van der Waals surface area contributed by atoms with Crippen LogP contribution in [0.4, 0.5) is 0 Å². The number of nitrogens with zero attached hydrogens (tertiary/aromatic N) is 1. The molecule has 4 rings (SSSR count). The summed E-state index contributed by atoms with van der Waals surface area (Å²) in [6.45, 7) is 6.17. The highest BCUT2D eigenvalue weighted by molar-refractivity contribution is 5.86. The van der Waals surface area contributed by atoms with Gasteiger partial charge in [-0.15, -0.1) is 0 Å². The van der Waals surface area contributed by atoms with Crippen LogP contribution in [0.15, 0.2) is 65.5 Å². The Kier molecular flexibility index (Phi) is 6.17. The van der Waals surface area contributed by atoms with Gasteiger partial charge in [-0.25, -0.2) is 0 Å². The molecule has 2 heterocycles. The van der Waals surface area contributed by atoms with Gasteiger partial charge in [-0.05, 0) is 38.5 Å². The molecule has 6 heteroatoms. The van der Waals surface area contributed by atoms with Crippen molar-refractivity contribution in [1.82, 2.24) is 14.9 Å². The van der Waals surface area contributed by atoms with E-state index in [1.165, 1.54) is 12.7 Å². The molecule has 4 aromatic rings. The van der Waals surface area contributed by atoms with Crippen molar-refractivity contribution in [3.05, 3.63) is 99.1 Å². The second-order valence-electron chi connectivity index (χ2n) is 8.08. The molecule has 0 saturated heterocycles. The number of aliphatic hydroxyl groups excluding tert-OH is 1. The number of hydrogen-bond acceptors (Lipinski definition) is 4. The maximum absolute atomic E-state index is 12.4. The van der Waals surface area contributed by atoms with Gasteiger partial charge in [0.1, 0.15) is 12.0 Å². The number of aliphatic hydroxyl groups is 1. The minimum Gasteiger partial charge on any atom is -0.496 e. The van der Waals surface area contributed by atoms with Crippen LogP contribution >= 0.6 is 0 Å². The number of aryl methyl sites for hydroxylation is 1. The largest absolute Gasteiger partial charge is 0.496 e. The number of ether oxygens (including phenoxy) is 1. The quantitative estimate of drug-likeness (QED) is 0.380. The van der Waals surface area contributed by atoms with E-state index in [9.17, 15) is 9.90 Å². The van der Waals surface area contributed by atoms with E-state index in [0.29, 0.717) is 11.3 Å². The predicted octanol–water partition coefficient (Wildman–Crippen LogP) is 4.35. The highest BCUT2D eigenvalue weighted by atomic mass is 16.5. The maximum Gasteiger partial charge on any atom is 0.256 e. The lowest BCUT2D eigenvalue weighted by molar-refractivity contribution is 0.137. The van der Waals surface area contributed by atoms with Gasteiger partial charge in [0.25, 0.3) is 5.56 Å². The van der Waals surface area contributed by atoms with E-state index in [0.717, 1.165) is 27.9 Å². The molecule has 166 valence electrons. The monoisotopic (exact) mass is 431 g/mol. The molecular formula is C26H29N3O3. The summed E-state index contributed by atoms with van der Waals surface area (Å²) in [5.41, 5.74) is 5.00. The summed E-state index contributed by atoms with van der Waals surface area (Å²) < 4.78 is 7.63.